The molecule has 0 spiro atoms. The molecular formula is C11H21NO2S. The minimum atomic E-state index is -2.91. The average Bonchev–Trinajstić information content (AvgIpc) is 2.80. The Morgan fingerprint density at radius 3 is 2.13 bits per heavy atom. The first-order chi connectivity index (χ1) is 6.74. The first-order valence-electron chi connectivity index (χ1n) is 5.72. The lowest BCUT2D eigenvalue weighted by molar-refractivity contribution is 0.223. The fourth-order valence-corrected chi connectivity index (χ4v) is 5.20. The van der Waals surface area contributed by atoms with E-state index >= 15 is 0 Å². The van der Waals surface area contributed by atoms with Crippen LogP contribution in [0.25, 0.3) is 0 Å². The molecule has 15 heavy (non-hydrogen) atoms. The first kappa shape index (κ1) is 11.4. The monoisotopic (exact) mass is 231 g/mol. The molecule has 88 valence electrons. The van der Waals surface area contributed by atoms with Crippen molar-refractivity contribution in [2.24, 2.45) is 17.1 Å². The summed E-state index contributed by atoms with van der Waals surface area (Å²) in [5.74, 6) is 0.606. The molecule has 0 aromatic rings. The molecule has 1 aliphatic heterocycles. The third-order valence-electron chi connectivity index (χ3n) is 4.74. The van der Waals surface area contributed by atoms with Gasteiger partial charge in [0.2, 0.25) is 0 Å². The van der Waals surface area contributed by atoms with Gasteiger partial charge in [0, 0.05) is 6.04 Å². The highest BCUT2D eigenvalue weighted by atomic mass is 32.2. The molecule has 2 atom stereocenters. The van der Waals surface area contributed by atoms with Gasteiger partial charge in [-0.2, -0.15) is 0 Å². The van der Waals surface area contributed by atoms with Crippen molar-refractivity contribution in [3.63, 3.8) is 0 Å². The fourth-order valence-electron chi connectivity index (χ4n) is 3.35. The van der Waals surface area contributed by atoms with Crippen LogP contribution >= 0.6 is 0 Å². The third kappa shape index (κ3) is 1.37. The maximum Gasteiger partial charge on any atom is 0.155 e. The zero-order valence-electron chi connectivity index (χ0n) is 9.79. The maximum atomic E-state index is 11.9. The molecule has 2 unspecified atom stereocenters. The molecule has 1 saturated heterocycles. The van der Waals surface area contributed by atoms with Crippen LogP contribution in [0.3, 0.4) is 0 Å². The third-order valence-corrected chi connectivity index (χ3v) is 7.40. The molecule has 0 bridgehead atoms. The lowest BCUT2D eigenvalue weighted by atomic mass is 9.75. The minimum Gasteiger partial charge on any atom is -0.327 e. The predicted molar refractivity (Wildman–Crippen MR) is 61.3 cm³/mol. The van der Waals surface area contributed by atoms with Gasteiger partial charge >= 0.3 is 0 Å². The van der Waals surface area contributed by atoms with Crippen LogP contribution in [0.4, 0.5) is 0 Å². The zero-order valence-corrected chi connectivity index (χ0v) is 10.6. The Labute approximate surface area is 92.3 Å². The minimum absolute atomic E-state index is 0.118. The summed E-state index contributed by atoms with van der Waals surface area (Å²) in [6.07, 6.45) is 3.01. The van der Waals surface area contributed by atoms with Gasteiger partial charge in [0.05, 0.1) is 10.5 Å². The van der Waals surface area contributed by atoms with Crippen LogP contribution in [-0.4, -0.2) is 25.0 Å². The molecule has 1 aliphatic carbocycles. The molecule has 4 heteroatoms. The van der Waals surface area contributed by atoms with Crippen LogP contribution in [0, 0.1) is 11.3 Å². The van der Waals surface area contributed by atoms with Crippen LogP contribution in [0.2, 0.25) is 0 Å². The first-order valence-corrected chi connectivity index (χ1v) is 7.37. The number of rotatable bonds is 2. The highest BCUT2D eigenvalue weighted by molar-refractivity contribution is 7.93. The van der Waals surface area contributed by atoms with Gasteiger partial charge in [-0.15, -0.1) is 0 Å². The molecule has 2 fully saturated rings. The Kier molecular flexibility index (Phi) is 2.26. The van der Waals surface area contributed by atoms with E-state index in [0.29, 0.717) is 5.75 Å². The Hall–Kier alpha value is -0.0900. The van der Waals surface area contributed by atoms with Crippen molar-refractivity contribution in [3.8, 4) is 0 Å². The fraction of sp³-hybridized carbons (Fsp3) is 1.00. The summed E-state index contributed by atoms with van der Waals surface area (Å²) in [5, 5.41) is 0. The summed E-state index contributed by atoms with van der Waals surface area (Å²) in [5.41, 5.74) is 6.15. The molecule has 3 nitrogen and oxygen atoms in total. The van der Waals surface area contributed by atoms with Crippen molar-refractivity contribution in [1.82, 2.24) is 0 Å². The molecule has 1 heterocycles. The van der Waals surface area contributed by atoms with Gasteiger partial charge in [0.1, 0.15) is 0 Å². The van der Waals surface area contributed by atoms with E-state index in [9.17, 15) is 8.42 Å². The second-order valence-corrected chi connectivity index (χ2v) is 8.48. The van der Waals surface area contributed by atoms with Gasteiger partial charge in [-0.05, 0) is 51.4 Å². The quantitative estimate of drug-likeness (QED) is 0.780. The van der Waals surface area contributed by atoms with Crippen molar-refractivity contribution >= 4 is 9.84 Å². The molecule has 2 rings (SSSR count). The van der Waals surface area contributed by atoms with Crippen molar-refractivity contribution in [3.05, 3.63) is 0 Å². The molecule has 0 amide bonds. The molecular weight excluding hydrogens is 210 g/mol. The van der Waals surface area contributed by atoms with E-state index in [4.69, 9.17) is 5.73 Å². The van der Waals surface area contributed by atoms with E-state index in [0.717, 1.165) is 19.3 Å². The molecule has 0 aromatic heterocycles. The number of hydrogen-bond acceptors (Lipinski definition) is 3. The topological polar surface area (TPSA) is 60.2 Å². The van der Waals surface area contributed by atoms with E-state index in [2.05, 4.69) is 0 Å². The van der Waals surface area contributed by atoms with Crippen LogP contribution in [0.5, 0.6) is 0 Å². The van der Waals surface area contributed by atoms with Crippen LogP contribution in [-0.2, 0) is 9.84 Å². The van der Waals surface area contributed by atoms with E-state index in [1.165, 1.54) is 0 Å². The van der Waals surface area contributed by atoms with Gasteiger partial charge < -0.3 is 5.73 Å². The second-order valence-electron chi connectivity index (χ2n) is 5.79. The Morgan fingerprint density at radius 1 is 1.33 bits per heavy atom. The van der Waals surface area contributed by atoms with Crippen LogP contribution < -0.4 is 5.73 Å². The summed E-state index contributed by atoms with van der Waals surface area (Å²) < 4.78 is 23.3. The van der Waals surface area contributed by atoms with Crippen molar-refractivity contribution in [2.45, 2.75) is 50.8 Å². The van der Waals surface area contributed by atoms with Crippen molar-refractivity contribution in [2.75, 3.05) is 5.75 Å². The van der Waals surface area contributed by atoms with Gasteiger partial charge in [-0.3, -0.25) is 0 Å². The van der Waals surface area contributed by atoms with Crippen molar-refractivity contribution in [1.29, 1.82) is 0 Å². The van der Waals surface area contributed by atoms with Gasteiger partial charge in [0.25, 0.3) is 0 Å². The van der Waals surface area contributed by atoms with E-state index in [-0.39, 0.29) is 17.4 Å². The molecule has 0 aromatic carbocycles. The van der Waals surface area contributed by atoms with Crippen LogP contribution in [0.1, 0.15) is 40.0 Å². The largest absolute Gasteiger partial charge is 0.327 e. The summed E-state index contributed by atoms with van der Waals surface area (Å²) in [6.45, 7) is 5.78. The Balaban J connectivity index is 2.35. The number of nitrogens with two attached hydrogens (primary N) is 1. The Bertz CT molecular complexity index is 366. The number of sulfone groups is 1. The standard InChI is InChI=1S/C11H21NO2S/c1-8(12)11(5-6-11)9-4-7-15(13,14)10(9,2)3/h8-9H,4-7,12H2,1-3H3. The van der Waals surface area contributed by atoms with Crippen LogP contribution in [0.15, 0.2) is 0 Å². The molecule has 0 radical (unpaired) electrons. The predicted octanol–water partition coefficient (Wildman–Crippen LogP) is 1.33. The van der Waals surface area contributed by atoms with Gasteiger partial charge in [-0.1, -0.05) is 0 Å². The summed E-state index contributed by atoms with van der Waals surface area (Å²) >= 11 is 0. The van der Waals surface area contributed by atoms with Gasteiger partial charge in [0.15, 0.2) is 9.84 Å². The maximum absolute atomic E-state index is 11.9. The normalized spacial score (nSPS) is 37.5. The summed E-state index contributed by atoms with van der Waals surface area (Å²) in [4.78, 5) is 0. The molecule has 2 aliphatic rings. The van der Waals surface area contributed by atoms with Crippen molar-refractivity contribution < 1.29 is 8.42 Å². The summed E-state index contributed by atoms with van der Waals surface area (Å²) in [7, 11) is -2.91. The number of hydrogen-bond donors (Lipinski definition) is 1. The lowest BCUT2D eigenvalue weighted by Gasteiger charge is -2.35. The summed E-state index contributed by atoms with van der Waals surface area (Å²) in [6, 6.07) is 0.120. The second kappa shape index (κ2) is 2.98. The van der Waals surface area contributed by atoms with E-state index in [1.807, 2.05) is 20.8 Å². The SMILES string of the molecule is CC(N)C1(C2CCS(=O)(=O)C2(C)C)CC1. The average molecular weight is 231 g/mol. The van der Waals surface area contributed by atoms with E-state index in [1.54, 1.807) is 0 Å². The molecule has 2 N–H and O–H groups in total. The molecule has 1 saturated carbocycles. The van der Waals surface area contributed by atoms with Gasteiger partial charge in [-0.25, -0.2) is 8.42 Å². The Morgan fingerprint density at radius 2 is 1.87 bits per heavy atom. The van der Waals surface area contributed by atoms with E-state index < -0.39 is 14.6 Å². The highest BCUT2D eigenvalue weighted by Gasteiger charge is 2.62. The smallest absolute Gasteiger partial charge is 0.155 e. The lowest BCUT2D eigenvalue weighted by Crippen LogP contribution is -2.44. The zero-order chi connectivity index (χ0) is 11.5. The highest BCUT2D eigenvalue weighted by Crippen LogP contribution is 2.61.